The molecule has 158 valence electrons. The summed E-state index contributed by atoms with van der Waals surface area (Å²) in [6.45, 7) is 4.69. The van der Waals surface area contributed by atoms with E-state index in [1.165, 1.54) is 11.8 Å². The Bertz CT molecular complexity index is 945. The van der Waals surface area contributed by atoms with Gasteiger partial charge in [0.2, 0.25) is 11.8 Å². The molecule has 3 rings (SSSR count). The van der Waals surface area contributed by atoms with Crippen molar-refractivity contribution in [3.8, 4) is 5.75 Å². The summed E-state index contributed by atoms with van der Waals surface area (Å²) < 4.78 is 5.28. The van der Waals surface area contributed by atoms with Crippen molar-refractivity contribution in [2.45, 2.75) is 38.4 Å². The first-order chi connectivity index (χ1) is 14.5. The number of methoxy groups -OCH3 is 1. The van der Waals surface area contributed by atoms with Crippen molar-refractivity contribution in [1.82, 2.24) is 4.90 Å². The number of thioether (sulfide) groups is 1. The Kier molecular flexibility index (Phi) is 7.52. The van der Waals surface area contributed by atoms with E-state index in [-0.39, 0.29) is 18.2 Å². The third kappa shape index (κ3) is 5.21. The molecule has 1 atom stereocenters. The van der Waals surface area contributed by atoms with Gasteiger partial charge in [-0.05, 0) is 37.1 Å². The van der Waals surface area contributed by atoms with Gasteiger partial charge in [0.25, 0.3) is 0 Å². The number of nitrogens with zero attached hydrogens (tertiary/aromatic N) is 2. The van der Waals surface area contributed by atoms with E-state index in [1.54, 1.807) is 24.1 Å². The third-order valence-electron chi connectivity index (χ3n) is 4.84. The van der Waals surface area contributed by atoms with Crippen LogP contribution < -0.4 is 10.1 Å². The maximum absolute atomic E-state index is 13.0. The number of aliphatic imine (C=N–C) groups is 1. The van der Waals surface area contributed by atoms with E-state index in [4.69, 9.17) is 9.73 Å². The lowest BCUT2D eigenvalue weighted by Gasteiger charge is -2.16. The SMILES string of the molecule is CCCCN1C(=O)[C@@H](CC(=O)Nc2ccccc2OC)SC1=Nc1ccccc1C. The maximum atomic E-state index is 13.0. The van der Waals surface area contributed by atoms with Gasteiger partial charge in [0.15, 0.2) is 5.17 Å². The Morgan fingerprint density at radius 2 is 1.93 bits per heavy atom. The summed E-state index contributed by atoms with van der Waals surface area (Å²) in [6, 6.07) is 15.1. The predicted molar refractivity (Wildman–Crippen MR) is 123 cm³/mol. The highest BCUT2D eigenvalue weighted by molar-refractivity contribution is 8.15. The molecular weight excluding hydrogens is 398 g/mol. The number of carbonyl (C=O) groups excluding carboxylic acids is 2. The summed E-state index contributed by atoms with van der Waals surface area (Å²) in [5.74, 6) is 0.302. The maximum Gasteiger partial charge on any atom is 0.242 e. The van der Waals surface area contributed by atoms with Crippen LogP contribution in [0.3, 0.4) is 0 Å². The second-order valence-electron chi connectivity index (χ2n) is 7.08. The summed E-state index contributed by atoms with van der Waals surface area (Å²) in [5, 5.41) is 3.03. The number of aryl methyl sites for hydroxylation is 1. The van der Waals surface area contributed by atoms with Gasteiger partial charge in [-0.2, -0.15) is 0 Å². The van der Waals surface area contributed by atoms with E-state index >= 15 is 0 Å². The minimum atomic E-state index is -0.487. The van der Waals surface area contributed by atoms with Crippen molar-refractivity contribution in [3.05, 3.63) is 54.1 Å². The van der Waals surface area contributed by atoms with Gasteiger partial charge in [-0.15, -0.1) is 0 Å². The molecule has 1 heterocycles. The fraction of sp³-hybridized carbons (Fsp3) is 0.348. The van der Waals surface area contributed by atoms with Crippen LogP contribution in [0.25, 0.3) is 0 Å². The molecule has 2 aromatic rings. The molecule has 0 saturated carbocycles. The number of hydrogen-bond acceptors (Lipinski definition) is 5. The molecule has 0 unspecified atom stereocenters. The molecule has 1 fully saturated rings. The van der Waals surface area contributed by atoms with Crippen LogP contribution in [0.15, 0.2) is 53.5 Å². The molecule has 1 saturated heterocycles. The van der Waals surface area contributed by atoms with Crippen LogP contribution in [0, 0.1) is 6.92 Å². The number of amides is 2. The van der Waals surface area contributed by atoms with E-state index in [9.17, 15) is 9.59 Å². The van der Waals surface area contributed by atoms with Crippen molar-refractivity contribution in [2.24, 2.45) is 4.99 Å². The van der Waals surface area contributed by atoms with Crippen molar-refractivity contribution >= 4 is 40.1 Å². The molecule has 0 radical (unpaired) electrons. The highest BCUT2D eigenvalue weighted by Crippen LogP contribution is 2.33. The van der Waals surface area contributed by atoms with Crippen molar-refractivity contribution in [2.75, 3.05) is 19.0 Å². The number of unbranched alkanes of at least 4 members (excludes halogenated alkanes) is 1. The standard InChI is InChI=1S/C23H27N3O3S/c1-4-5-14-26-22(28)20(30-23(26)25-17-11-7-6-10-16(17)2)15-21(27)24-18-12-8-9-13-19(18)29-3/h6-13,20H,4-5,14-15H2,1-3H3,(H,24,27)/t20-/m1/s1. The first-order valence-electron chi connectivity index (χ1n) is 10.1. The topological polar surface area (TPSA) is 71.0 Å². The average Bonchev–Trinajstić information content (AvgIpc) is 3.02. The zero-order valence-electron chi connectivity index (χ0n) is 17.6. The van der Waals surface area contributed by atoms with Crippen molar-refractivity contribution < 1.29 is 14.3 Å². The van der Waals surface area contributed by atoms with Crippen LogP contribution in [-0.2, 0) is 9.59 Å². The molecule has 1 aliphatic heterocycles. The summed E-state index contributed by atoms with van der Waals surface area (Å²) in [6.07, 6.45) is 1.95. The molecule has 0 spiro atoms. The van der Waals surface area contributed by atoms with Gasteiger partial charge >= 0.3 is 0 Å². The molecule has 7 heteroatoms. The van der Waals surface area contributed by atoms with Crippen LogP contribution in [0.2, 0.25) is 0 Å². The predicted octanol–water partition coefficient (Wildman–Crippen LogP) is 4.76. The Labute approximate surface area is 181 Å². The van der Waals surface area contributed by atoms with Crippen molar-refractivity contribution in [1.29, 1.82) is 0 Å². The lowest BCUT2D eigenvalue weighted by Crippen LogP contribution is -2.34. The molecule has 6 nitrogen and oxygen atoms in total. The molecule has 0 aromatic heterocycles. The number of hydrogen-bond donors (Lipinski definition) is 1. The fourth-order valence-electron chi connectivity index (χ4n) is 3.16. The summed E-state index contributed by atoms with van der Waals surface area (Å²) in [5.41, 5.74) is 2.48. The first-order valence-corrected chi connectivity index (χ1v) is 11.0. The van der Waals surface area contributed by atoms with E-state index in [0.29, 0.717) is 23.1 Å². The molecule has 30 heavy (non-hydrogen) atoms. The number of anilines is 1. The van der Waals surface area contributed by atoms with E-state index in [0.717, 1.165) is 24.1 Å². The summed E-state index contributed by atoms with van der Waals surface area (Å²) >= 11 is 1.36. The Morgan fingerprint density at radius 3 is 2.67 bits per heavy atom. The van der Waals surface area contributed by atoms with Gasteiger partial charge in [0, 0.05) is 13.0 Å². The Morgan fingerprint density at radius 1 is 1.20 bits per heavy atom. The highest BCUT2D eigenvalue weighted by Gasteiger charge is 2.39. The number of amidine groups is 1. The van der Waals surface area contributed by atoms with Crippen LogP contribution in [0.5, 0.6) is 5.75 Å². The fourth-order valence-corrected chi connectivity index (χ4v) is 4.33. The third-order valence-corrected chi connectivity index (χ3v) is 6.01. The normalized spacial score (nSPS) is 17.4. The quantitative estimate of drug-likeness (QED) is 0.662. The lowest BCUT2D eigenvalue weighted by molar-refractivity contribution is -0.128. The van der Waals surface area contributed by atoms with Gasteiger partial charge < -0.3 is 10.1 Å². The molecule has 0 aliphatic carbocycles. The summed E-state index contributed by atoms with van der Waals surface area (Å²) in [7, 11) is 1.56. The monoisotopic (exact) mass is 425 g/mol. The highest BCUT2D eigenvalue weighted by atomic mass is 32.2. The smallest absolute Gasteiger partial charge is 0.242 e. The molecular formula is C23H27N3O3S. The number of rotatable bonds is 8. The second kappa shape index (κ2) is 10.3. The second-order valence-corrected chi connectivity index (χ2v) is 8.25. The Hall–Kier alpha value is -2.80. The molecule has 1 aliphatic rings. The van der Waals surface area contributed by atoms with Crippen LogP contribution in [0.4, 0.5) is 11.4 Å². The number of carbonyl (C=O) groups is 2. The zero-order chi connectivity index (χ0) is 21.5. The molecule has 1 N–H and O–H groups in total. The van der Waals surface area contributed by atoms with Gasteiger partial charge in [0.05, 0.1) is 18.5 Å². The van der Waals surface area contributed by atoms with Crippen LogP contribution in [0.1, 0.15) is 31.7 Å². The van der Waals surface area contributed by atoms with E-state index in [1.807, 2.05) is 43.3 Å². The molecule has 0 bridgehead atoms. The average molecular weight is 426 g/mol. The number of benzene rings is 2. The summed E-state index contributed by atoms with van der Waals surface area (Å²) in [4.78, 5) is 32.1. The van der Waals surface area contributed by atoms with Gasteiger partial charge in [-0.25, -0.2) is 4.99 Å². The molecule has 2 amide bonds. The zero-order valence-corrected chi connectivity index (χ0v) is 18.4. The number of para-hydroxylation sites is 3. The number of nitrogens with one attached hydrogen (secondary N) is 1. The first kappa shape index (κ1) is 21.9. The van der Waals surface area contributed by atoms with Crippen LogP contribution in [-0.4, -0.2) is 40.8 Å². The largest absolute Gasteiger partial charge is 0.495 e. The minimum Gasteiger partial charge on any atom is -0.495 e. The van der Waals surface area contributed by atoms with Crippen LogP contribution >= 0.6 is 11.8 Å². The molecule has 2 aromatic carbocycles. The van der Waals surface area contributed by atoms with Gasteiger partial charge in [-0.3, -0.25) is 14.5 Å². The van der Waals surface area contributed by atoms with E-state index in [2.05, 4.69) is 12.2 Å². The Balaban J connectivity index is 1.76. The van der Waals surface area contributed by atoms with Gasteiger partial charge in [0.1, 0.15) is 11.0 Å². The van der Waals surface area contributed by atoms with Crippen molar-refractivity contribution in [3.63, 3.8) is 0 Å². The van der Waals surface area contributed by atoms with Gasteiger partial charge in [-0.1, -0.05) is 55.4 Å². The van der Waals surface area contributed by atoms with E-state index < -0.39 is 5.25 Å². The lowest BCUT2D eigenvalue weighted by atomic mass is 10.2. The number of ether oxygens (including phenoxy) is 1. The minimum absolute atomic E-state index is 0.0593.